The second-order valence-electron chi connectivity index (χ2n) is 10.3. The maximum atomic E-state index is 13.7. The van der Waals surface area contributed by atoms with Gasteiger partial charge in [0, 0.05) is 31.2 Å². The molecule has 40 heavy (non-hydrogen) atoms. The maximum Gasteiger partial charge on any atom is 0.258 e. The number of rotatable bonds is 9. The molecule has 0 spiro atoms. The van der Waals surface area contributed by atoms with Crippen molar-refractivity contribution < 1.29 is 28.9 Å². The Morgan fingerprint density at radius 1 is 1.20 bits per heavy atom. The van der Waals surface area contributed by atoms with E-state index >= 15 is 0 Å². The van der Waals surface area contributed by atoms with Crippen LogP contribution in [0, 0.1) is 5.92 Å². The number of likely N-dealkylation sites (N-methyl/N-ethyl adjacent to an activating group) is 1. The molecule has 3 heterocycles. The summed E-state index contributed by atoms with van der Waals surface area (Å²) in [4.78, 5) is 30.0. The van der Waals surface area contributed by atoms with Gasteiger partial charge in [0.2, 0.25) is 12.7 Å². The normalized spacial score (nSPS) is 19.0. The fourth-order valence-electron chi connectivity index (χ4n) is 4.84. The molecule has 0 radical (unpaired) electrons. The molecule has 5 rings (SSSR count). The lowest BCUT2D eigenvalue weighted by atomic mass is 9.99. The van der Waals surface area contributed by atoms with Crippen molar-refractivity contribution >= 4 is 17.5 Å². The van der Waals surface area contributed by atoms with Gasteiger partial charge in [-0.3, -0.25) is 14.5 Å². The van der Waals surface area contributed by atoms with E-state index in [4.69, 9.17) is 14.2 Å². The number of fused-ring (bicyclic) bond motifs is 2. The van der Waals surface area contributed by atoms with E-state index in [-0.39, 0.29) is 43.8 Å². The van der Waals surface area contributed by atoms with Crippen LogP contribution < -0.4 is 19.5 Å². The number of hydrogen-bond acceptors (Lipinski definition) is 10. The number of carbonyl (C=O) groups excluding carboxylic acids is 2. The molecule has 0 saturated heterocycles. The van der Waals surface area contributed by atoms with Crippen LogP contribution in [0.4, 0.5) is 5.69 Å². The first-order valence-corrected chi connectivity index (χ1v) is 13.1. The number of carbonyl (C=O) groups is 2. The lowest BCUT2D eigenvalue weighted by molar-refractivity contribution is -0.116. The third-order valence-electron chi connectivity index (χ3n) is 7.03. The highest BCUT2D eigenvalue weighted by atomic mass is 16.7. The highest BCUT2D eigenvalue weighted by molar-refractivity contribution is 5.99. The van der Waals surface area contributed by atoms with Gasteiger partial charge in [0.15, 0.2) is 11.5 Å². The molecule has 13 heteroatoms. The summed E-state index contributed by atoms with van der Waals surface area (Å²) in [7, 11) is 2.02. The van der Waals surface area contributed by atoms with E-state index in [0.717, 1.165) is 17.1 Å². The molecule has 1 aromatic heterocycles. The molecule has 0 aliphatic carbocycles. The second-order valence-corrected chi connectivity index (χ2v) is 10.3. The number of anilines is 1. The van der Waals surface area contributed by atoms with Crippen LogP contribution in [-0.4, -0.2) is 92.6 Å². The molecule has 2 amide bonds. The van der Waals surface area contributed by atoms with Crippen molar-refractivity contribution in [1.29, 1.82) is 0 Å². The Morgan fingerprint density at radius 3 is 2.77 bits per heavy atom. The molecule has 2 aliphatic rings. The molecule has 2 aromatic carbocycles. The average Bonchev–Trinajstić information content (AvgIpc) is 3.62. The van der Waals surface area contributed by atoms with Gasteiger partial charge in [-0.1, -0.05) is 13.0 Å². The molecule has 0 fully saturated rings. The number of tetrazole rings is 1. The van der Waals surface area contributed by atoms with E-state index in [0.29, 0.717) is 36.6 Å². The minimum atomic E-state index is -0.397. The second kappa shape index (κ2) is 11.9. The van der Waals surface area contributed by atoms with Crippen LogP contribution in [0.1, 0.15) is 29.8 Å². The molecule has 212 valence electrons. The average molecular weight is 552 g/mol. The number of amides is 2. The van der Waals surface area contributed by atoms with Gasteiger partial charge in [-0.25, -0.2) is 4.68 Å². The van der Waals surface area contributed by atoms with E-state index in [2.05, 4.69) is 25.7 Å². The van der Waals surface area contributed by atoms with Gasteiger partial charge < -0.3 is 29.5 Å². The first-order chi connectivity index (χ1) is 19.3. The minimum Gasteiger partial charge on any atom is -0.488 e. The quantitative estimate of drug-likeness (QED) is 0.400. The molecule has 3 aromatic rings. The van der Waals surface area contributed by atoms with Gasteiger partial charge in [0.05, 0.1) is 18.2 Å². The Kier molecular flexibility index (Phi) is 8.12. The maximum absolute atomic E-state index is 13.7. The summed E-state index contributed by atoms with van der Waals surface area (Å²) in [6.07, 6.45) is 1.09. The van der Waals surface area contributed by atoms with Crippen molar-refractivity contribution in [3.8, 4) is 17.2 Å². The van der Waals surface area contributed by atoms with Gasteiger partial charge in [0.1, 0.15) is 24.7 Å². The molecule has 0 bridgehead atoms. The number of aliphatic hydroxyl groups is 1. The molecule has 13 nitrogen and oxygen atoms in total. The third-order valence-corrected chi connectivity index (χ3v) is 7.03. The summed E-state index contributed by atoms with van der Waals surface area (Å²) in [5.41, 5.74) is 1.84. The highest BCUT2D eigenvalue weighted by Gasteiger charge is 2.33. The Bertz CT molecular complexity index is 1350. The van der Waals surface area contributed by atoms with Crippen LogP contribution in [-0.2, 0) is 17.9 Å². The predicted molar refractivity (Wildman–Crippen MR) is 143 cm³/mol. The largest absolute Gasteiger partial charge is 0.488 e. The zero-order valence-electron chi connectivity index (χ0n) is 22.7. The molecule has 0 unspecified atom stereocenters. The number of ether oxygens (including phenoxy) is 3. The van der Waals surface area contributed by atoms with Crippen molar-refractivity contribution in [2.45, 2.75) is 39.1 Å². The van der Waals surface area contributed by atoms with Crippen LogP contribution in [0.25, 0.3) is 0 Å². The monoisotopic (exact) mass is 551 g/mol. The van der Waals surface area contributed by atoms with Crippen LogP contribution >= 0.6 is 0 Å². The van der Waals surface area contributed by atoms with E-state index in [1.54, 1.807) is 23.1 Å². The fraction of sp³-hybridized carbons (Fsp3) is 0.444. The number of aromatic nitrogens is 4. The molecule has 2 N–H and O–H groups in total. The van der Waals surface area contributed by atoms with E-state index in [9.17, 15) is 14.7 Å². The number of hydrogen-bond donors (Lipinski definition) is 2. The van der Waals surface area contributed by atoms with Crippen molar-refractivity contribution in [2.75, 3.05) is 38.9 Å². The van der Waals surface area contributed by atoms with E-state index in [1.807, 2.05) is 39.1 Å². The van der Waals surface area contributed by atoms with Crippen molar-refractivity contribution in [1.82, 2.24) is 30.0 Å². The minimum absolute atomic E-state index is 0.0269. The molecular formula is C27H33N7O6. The summed E-state index contributed by atoms with van der Waals surface area (Å²) in [5.74, 6) is 1.26. The third kappa shape index (κ3) is 6.15. The fourth-order valence-corrected chi connectivity index (χ4v) is 4.84. The van der Waals surface area contributed by atoms with Gasteiger partial charge >= 0.3 is 0 Å². The first kappa shape index (κ1) is 27.3. The topological polar surface area (TPSA) is 144 Å². The van der Waals surface area contributed by atoms with Gasteiger partial charge in [-0.2, -0.15) is 0 Å². The van der Waals surface area contributed by atoms with Crippen LogP contribution in [0.3, 0.4) is 0 Å². The van der Waals surface area contributed by atoms with Crippen LogP contribution in [0.2, 0.25) is 0 Å². The lowest BCUT2D eigenvalue weighted by Gasteiger charge is -2.38. The van der Waals surface area contributed by atoms with Gasteiger partial charge in [0.25, 0.3) is 5.91 Å². The zero-order chi connectivity index (χ0) is 28.2. The Balaban J connectivity index is 1.35. The van der Waals surface area contributed by atoms with E-state index < -0.39 is 6.04 Å². The number of nitrogens with one attached hydrogen (secondary N) is 1. The molecule has 3 atom stereocenters. The molecule has 0 saturated carbocycles. The predicted octanol–water partition coefficient (Wildman–Crippen LogP) is 1.39. The summed E-state index contributed by atoms with van der Waals surface area (Å²) >= 11 is 0. The molecule has 2 aliphatic heterocycles. The van der Waals surface area contributed by atoms with E-state index in [1.165, 1.54) is 11.0 Å². The number of nitrogens with zero attached hydrogens (tertiary/aromatic N) is 6. The standard InChI is InChI=1S/C27H33N7O6/c1-17-10-34(18(2)14-35)27(37)21-9-20(29-26(36)13-33-15-28-30-31-33)5-7-22(21)40-25(17)12-32(3)11-19-4-6-23-24(8-19)39-16-38-23/h4-9,15,17-18,25,35H,10-14,16H2,1-3H3,(H,29,36)/t17-,18+,25-/m0/s1. The lowest BCUT2D eigenvalue weighted by Crippen LogP contribution is -2.49. The summed E-state index contributed by atoms with van der Waals surface area (Å²) in [6, 6.07) is 10.5. The SMILES string of the molecule is C[C@H](CO)N1C[C@H](C)[C@H](CN(C)Cc2ccc3c(c2)OCO3)Oc2ccc(NC(=O)Cn3cnnn3)cc2C1=O. The number of aliphatic hydroxyl groups excluding tert-OH is 1. The Hall–Kier alpha value is -4.23. The van der Waals surface area contributed by atoms with Crippen molar-refractivity contribution in [3.63, 3.8) is 0 Å². The van der Waals surface area contributed by atoms with Gasteiger partial charge in [-0.05, 0) is 60.3 Å². The van der Waals surface area contributed by atoms with Gasteiger partial charge in [-0.15, -0.1) is 5.10 Å². The first-order valence-electron chi connectivity index (χ1n) is 13.1. The Morgan fingerprint density at radius 2 is 2.00 bits per heavy atom. The zero-order valence-corrected chi connectivity index (χ0v) is 22.7. The summed E-state index contributed by atoms with van der Waals surface area (Å²) < 4.78 is 18.7. The van der Waals surface area contributed by atoms with Crippen LogP contribution in [0.5, 0.6) is 17.2 Å². The summed E-state index contributed by atoms with van der Waals surface area (Å²) in [5, 5.41) is 23.4. The molecular weight excluding hydrogens is 518 g/mol. The smallest absolute Gasteiger partial charge is 0.258 e. The summed E-state index contributed by atoms with van der Waals surface area (Å²) in [6.45, 7) is 5.50. The highest BCUT2D eigenvalue weighted by Crippen LogP contribution is 2.33. The Labute approximate surface area is 231 Å². The van der Waals surface area contributed by atoms with Crippen LogP contribution in [0.15, 0.2) is 42.7 Å². The van der Waals surface area contributed by atoms with Crippen molar-refractivity contribution in [2.24, 2.45) is 5.92 Å². The number of benzene rings is 2. The van der Waals surface area contributed by atoms with Crippen molar-refractivity contribution in [3.05, 3.63) is 53.9 Å².